The molecule has 1 aromatic heterocycles. The molecule has 4 atom stereocenters. The molecule has 0 amide bonds. The van der Waals surface area contributed by atoms with Gasteiger partial charge in [0.25, 0.3) is 0 Å². The zero-order valence-corrected chi connectivity index (χ0v) is 19.4. The number of rotatable bonds is 7. The summed E-state index contributed by atoms with van der Waals surface area (Å²) in [6.45, 7) is 4.85. The van der Waals surface area contributed by atoms with Crippen LogP contribution in [-0.2, 0) is 38.6 Å². The van der Waals surface area contributed by atoms with E-state index in [-0.39, 0.29) is 10.7 Å². The molecule has 1 saturated heterocycles. The van der Waals surface area contributed by atoms with E-state index in [1.165, 1.54) is 31.4 Å². The van der Waals surface area contributed by atoms with Gasteiger partial charge in [0.2, 0.25) is 10.0 Å². The molecule has 10 nitrogen and oxygen atoms in total. The van der Waals surface area contributed by atoms with Crippen LogP contribution in [0, 0.1) is 6.92 Å². The number of esters is 3. The Morgan fingerprint density at radius 3 is 2.06 bits per heavy atom. The van der Waals surface area contributed by atoms with E-state index in [4.69, 9.17) is 18.6 Å². The van der Waals surface area contributed by atoms with Gasteiger partial charge >= 0.3 is 17.9 Å². The van der Waals surface area contributed by atoms with Crippen molar-refractivity contribution in [3.63, 3.8) is 0 Å². The van der Waals surface area contributed by atoms with Crippen molar-refractivity contribution < 1.29 is 41.4 Å². The number of carbonyl (C=O) groups is 3. The molecule has 0 spiro atoms. The summed E-state index contributed by atoms with van der Waals surface area (Å²) in [7, 11) is -4.27. The number of hydrogen-bond donors (Lipinski definition) is 0. The summed E-state index contributed by atoms with van der Waals surface area (Å²) in [6.07, 6.45) is -1.17. The van der Waals surface area contributed by atoms with Crippen LogP contribution >= 0.6 is 0 Å². The van der Waals surface area contributed by atoms with Crippen molar-refractivity contribution in [2.75, 3.05) is 6.61 Å². The first-order valence-corrected chi connectivity index (χ1v) is 11.6. The van der Waals surface area contributed by atoms with E-state index in [0.29, 0.717) is 0 Å². The number of hydrogen-bond acceptors (Lipinski definition) is 9. The molecule has 2 heterocycles. The second kappa shape index (κ2) is 9.75. The summed E-state index contributed by atoms with van der Waals surface area (Å²) in [5.74, 6) is -1.93. The Bertz CT molecular complexity index is 1110. The van der Waals surface area contributed by atoms with Gasteiger partial charge in [-0.1, -0.05) is 17.7 Å². The van der Waals surface area contributed by atoms with Gasteiger partial charge in [-0.25, -0.2) is 8.42 Å². The quantitative estimate of drug-likeness (QED) is 0.433. The summed E-state index contributed by atoms with van der Waals surface area (Å²) in [4.78, 5) is 35.4. The molecule has 1 aliphatic heterocycles. The van der Waals surface area contributed by atoms with Crippen LogP contribution in [0.1, 0.15) is 38.1 Å². The lowest BCUT2D eigenvalue weighted by Crippen LogP contribution is -2.45. The average molecular weight is 480 g/mol. The van der Waals surface area contributed by atoms with Gasteiger partial charge in [-0.2, -0.15) is 4.31 Å². The lowest BCUT2D eigenvalue weighted by atomic mass is 10.1. The highest BCUT2D eigenvalue weighted by Gasteiger charge is 2.59. The number of nitrogens with zero attached hydrogens (tertiary/aromatic N) is 1. The van der Waals surface area contributed by atoms with E-state index >= 15 is 0 Å². The van der Waals surface area contributed by atoms with E-state index < -0.39 is 58.8 Å². The topological polar surface area (TPSA) is 129 Å². The minimum Gasteiger partial charge on any atom is -0.467 e. The molecule has 0 unspecified atom stereocenters. The maximum Gasteiger partial charge on any atom is 0.303 e. The third-order valence-corrected chi connectivity index (χ3v) is 7.03. The van der Waals surface area contributed by atoms with Gasteiger partial charge in [0, 0.05) is 20.8 Å². The Labute approximate surface area is 191 Å². The summed E-state index contributed by atoms with van der Waals surface area (Å²) < 4.78 is 50.2. The summed E-state index contributed by atoms with van der Waals surface area (Å²) in [5.41, 5.74) is 0.852. The van der Waals surface area contributed by atoms with Gasteiger partial charge in [-0.15, -0.1) is 0 Å². The van der Waals surface area contributed by atoms with Crippen LogP contribution in [0.3, 0.4) is 0 Å². The van der Waals surface area contributed by atoms with Crippen LogP contribution in [0.4, 0.5) is 0 Å². The molecule has 0 saturated carbocycles. The predicted octanol–water partition coefficient (Wildman–Crippen LogP) is 2.13. The summed E-state index contributed by atoms with van der Waals surface area (Å²) in [6, 6.07) is 6.86. The first-order valence-electron chi connectivity index (χ1n) is 10.1. The molecule has 1 aliphatic rings. The van der Waals surface area contributed by atoms with Crippen molar-refractivity contribution in [1.29, 1.82) is 0 Å². The third-order valence-electron chi connectivity index (χ3n) is 5.11. The van der Waals surface area contributed by atoms with Crippen molar-refractivity contribution in [1.82, 2.24) is 4.31 Å². The number of aryl methyl sites for hydroxylation is 1. The Morgan fingerprint density at radius 2 is 1.55 bits per heavy atom. The van der Waals surface area contributed by atoms with Crippen LogP contribution in [0.15, 0.2) is 52.0 Å². The van der Waals surface area contributed by atoms with Gasteiger partial charge in [0.15, 0.2) is 12.2 Å². The van der Waals surface area contributed by atoms with E-state index in [1.807, 2.05) is 6.92 Å². The van der Waals surface area contributed by atoms with Crippen molar-refractivity contribution in [2.45, 2.75) is 56.9 Å². The molecule has 0 N–H and O–H groups in total. The molecular formula is C22H25NO9S. The largest absolute Gasteiger partial charge is 0.467 e. The second-order valence-electron chi connectivity index (χ2n) is 7.63. The van der Waals surface area contributed by atoms with Crippen LogP contribution in [-0.4, -0.2) is 55.5 Å². The van der Waals surface area contributed by atoms with Crippen molar-refractivity contribution in [3.05, 3.63) is 54.0 Å². The molecule has 0 aliphatic carbocycles. The van der Waals surface area contributed by atoms with Crippen LogP contribution in [0.5, 0.6) is 0 Å². The predicted molar refractivity (Wildman–Crippen MR) is 113 cm³/mol. The zero-order chi connectivity index (χ0) is 24.3. The fourth-order valence-corrected chi connectivity index (χ4v) is 5.62. The molecule has 2 aromatic rings. The van der Waals surface area contributed by atoms with Gasteiger partial charge < -0.3 is 18.6 Å². The Balaban J connectivity index is 2.21. The van der Waals surface area contributed by atoms with Gasteiger partial charge in [-0.05, 0) is 31.2 Å². The number of furan rings is 1. The van der Waals surface area contributed by atoms with E-state index in [2.05, 4.69) is 0 Å². The average Bonchev–Trinajstić information content (AvgIpc) is 3.33. The highest BCUT2D eigenvalue weighted by Crippen LogP contribution is 2.44. The lowest BCUT2D eigenvalue weighted by Gasteiger charge is -2.28. The third kappa shape index (κ3) is 5.25. The minimum absolute atomic E-state index is 0.0393. The molecular weight excluding hydrogens is 454 g/mol. The first kappa shape index (κ1) is 24.5. The molecule has 11 heteroatoms. The van der Waals surface area contributed by atoms with Crippen molar-refractivity contribution >= 4 is 27.9 Å². The standard InChI is InChI=1S/C22H25NO9S/c1-13-7-9-17(10-8-13)33(27,28)23-18(12-30-14(2)24)21(31-15(3)25)22(32-16(4)26)20(23)19-6-5-11-29-19/h5-11,18,20-22H,12H2,1-4H3/t18-,20+,21-,22+/m1/s1. The van der Waals surface area contributed by atoms with E-state index in [9.17, 15) is 22.8 Å². The second-order valence-corrected chi connectivity index (χ2v) is 9.47. The van der Waals surface area contributed by atoms with Crippen LogP contribution < -0.4 is 0 Å². The fourth-order valence-electron chi connectivity index (χ4n) is 3.83. The highest BCUT2D eigenvalue weighted by molar-refractivity contribution is 7.89. The maximum atomic E-state index is 13.8. The van der Waals surface area contributed by atoms with Crippen molar-refractivity contribution in [3.8, 4) is 0 Å². The Morgan fingerprint density at radius 1 is 0.939 bits per heavy atom. The fraction of sp³-hybridized carbons (Fsp3) is 0.409. The van der Waals surface area contributed by atoms with Gasteiger partial charge in [0.05, 0.1) is 11.2 Å². The summed E-state index contributed by atoms with van der Waals surface area (Å²) in [5, 5.41) is 0. The molecule has 1 aromatic carbocycles. The molecule has 178 valence electrons. The zero-order valence-electron chi connectivity index (χ0n) is 18.6. The SMILES string of the molecule is CC(=O)OC[C@@H]1[C@@H](OC(C)=O)[C@@H](OC(C)=O)[C@H](c2ccco2)N1S(=O)(=O)c1ccc(C)cc1. The lowest BCUT2D eigenvalue weighted by molar-refractivity contribution is -0.165. The molecule has 3 rings (SSSR count). The first-order chi connectivity index (χ1) is 15.5. The van der Waals surface area contributed by atoms with Crippen LogP contribution in [0.25, 0.3) is 0 Å². The Hall–Kier alpha value is -3.18. The van der Waals surface area contributed by atoms with Gasteiger partial charge in [-0.3, -0.25) is 14.4 Å². The number of benzene rings is 1. The number of carbonyl (C=O) groups excluding carboxylic acids is 3. The van der Waals surface area contributed by atoms with Gasteiger partial charge in [0.1, 0.15) is 24.5 Å². The summed E-state index contributed by atoms with van der Waals surface area (Å²) >= 11 is 0. The molecule has 1 fully saturated rings. The smallest absolute Gasteiger partial charge is 0.303 e. The normalized spacial score (nSPS) is 23.2. The van der Waals surface area contributed by atoms with Crippen LogP contribution in [0.2, 0.25) is 0 Å². The van der Waals surface area contributed by atoms with E-state index in [1.54, 1.807) is 18.2 Å². The maximum absolute atomic E-state index is 13.8. The minimum atomic E-state index is -4.27. The molecule has 0 radical (unpaired) electrons. The monoisotopic (exact) mass is 479 g/mol. The van der Waals surface area contributed by atoms with Crippen molar-refractivity contribution in [2.24, 2.45) is 0 Å². The number of sulfonamides is 1. The Kier molecular flexibility index (Phi) is 7.23. The number of ether oxygens (including phenoxy) is 3. The highest BCUT2D eigenvalue weighted by atomic mass is 32.2. The molecule has 0 bridgehead atoms. The van der Waals surface area contributed by atoms with E-state index in [0.717, 1.165) is 23.7 Å². The molecule has 33 heavy (non-hydrogen) atoms.